The van der Waals surface area contributed by atoms with E-state index in [1.165, 1.54) is 0 Å². The molecule has 0 spiro atoms. The van der Waals surface area contributed by atoms with Crippen LogP contribution in [0.15, 0.2) is 24.3 Å². The molecule has 1 fully saturated rings. The molecule has 4 N–H and O–H groups in total. The van der Waals surface area contributed by atoms with Gasteiger partial charge in [-0.2, -0.15) is 0 Å². The standard InChI is InChI=1S/C12H18N2O/c13-7-9-1-3-10(4-2-9)12(15)11-5-6-14-8-11/h1-4,11-12,14-15H,5-8,13H2. The van der Waals surface area contributed by atoms with Crippen molar-refractivity contribution < 1.29 is 5.11 Å². The molecule has 82 valence electrons. The van der Waals surface area contributed by atoms with E-state index >= 15 is 0 Å². The Labute approximate surface area is 90.3 Å². The van der Waals surface area contributed by atoms with Crippen LogP contribution in [0.1, 0.15) is 23.7 Å². The lowest BCUT2D eigenvalue weighted by atomic mass is 9.94. The Morgan fingerprint density at radius 3 is 2.67 bits per heavy atom. The largest absolute Gasteiger partial charge is 0.388 e. The maximum absolute atomic E-state index is 10.1. The summed E-state index contributed by atoms with van der Waals surface area (Å²) < 4.78 is 0. The van der Waals surface area contributed by atoms with Crippen molar-refractivity contribution in [2.24, 2.45) is 11.7 Å². The molecular weight excluding hydrogens is 188 g/mol. The average molecular weight is 206 g/mol. The zero-order chi connectivity index (χ0) is 10.7. The minimum absolute atomic E-state index is 0.341. The quantitative estimate of drug-likeness (QED) is 0.685. The molecule has 1 aliphatic rings. The molecule has 0 aliphatic carbocycles. The minimum Gasteiger partial charge on any atom is -0.388 e. The smallest absolute Gasteiger partial charge is 0.0830 e. The summed E-state index contributed by atoms with van der Waals surface area (Å²) in [5, 5.41) is 13.4. The van der Waals surface area contributed by atoms with Crippen LogP contribution in [0.2, 0.25) is 0 Å². The summed E-state index contributed by atoms with van der Waals surface area (Å²) in [5.41, 5.74) is 7.63. The van der Waals surface area contributed by atoms with Crippen molar-refractivity contribution in [2.45, 2.75) is 19.1 Å². The zero-order valence-electron chi connectivity index (χ0n) is 8.82. The normalized spacial score (nSPS) is 22.9. The van der Waals surface area contributed by atoms with Crippen LogP contribution in [0.25, 0.3) is 0 Å². The monoisotopic (exact) mass is 206 g/mol. The first-order valence-corrected chi connectivity index (χ1v) is 5.49. The molecule has 0 amide bonds. The fourth-order valence-corrected chi connectivity index (χ4v) is 2.07. The molecule has 1 saturated heterocycles. The van der Waals surface area contributed by atoms with E-state index in [9.17, 15) is 5.11 Å². The Kier molecular flexibility index (Phi) is 3.36. The highest BCUT2D eigenvalue weighted by Gasteiger charge is 2.23. The molecule has 0 bridgehead atoms. The Morgan fingerprint density at radius 1 is 1.40 bits per heavy atom. The predicted octanol–water partition coefficient (Wildman–Crippen LogP) is 0.788. The average Bonchev–Trinajstić information content (AvgIpc) is 2.82. The number of nitrogens with one attached hydrogen (secondary N) is 1. The topological polar surface area (TPSA) is 58.3 Å². The van der Waals surface area contributed by atoms with Gasteiger partial charge in [-0.3, -0.25) is 0 Å². The summed E-state index contributed by atoms with van der Waals surface area (Å²) in [6.07, 6.45) is 0.714. The van der Waals surface area contributed by atoms with Crippen LogP contribution in [0, 0.1) is 5.92 Å². The summed E-state index contributed by atoms with van der Waals surface area (Å²) in [4.78, 5) is 0. The van der Waals surface area contributed by atoms with Crippen LogP contribution >= 0.6 is 0 Å². The minimum atomic E-state index is -0.341. The van der Waals surface area contributed by atoms with Crippen molar-refractivity contribution in [3.63, 3.8) is 0 Å². The maximum Gasteiger partial charge on any atom is 0.0830 e. The highest BCUT2D eigenvalue weighted by Crippen LogP contribution is 2.26. The van der Waals surface area contributed by atoms with Crippen LogP contribution in [0.5, 0.6) is 0 Å². The van der Waals surface area contributed by atoms with Crippen LogP contribution in [-0.4, -0.2) is 18.2 Å². The Balaban J connectivity index is 2.07. The number of hydrogen-bond donors (Lipinski definition) is 3. The molecule has 0 radical (unpaired) electrons. The summed E-state index contributed by atoms with van der Waals surface area (Å²) in [5.74, 6) is 0.355. The number of hydrogen-bond acceptors (Lipinski definition) is 3. The maximum atomic E-state index is 10.1. The number of nitrogens with two attached hydrogens (primary N) is 1. The number of aliphatic hydroxyl groups excluding tert-OH is 1. The molecule has 15 heavy (non-hydrogen) atoms. The second-order valence-corrected chi connectivity index (χ2v) is 4.14. The Hall–Kier alpha value is -0.900. The van der Waals surface area contributed by atoms with E-state index in [1.54, 1.807) is 0 Å². The van der Waals surface area contributed by atoms with Crippen molar-refractivity contribution in [1.29, 1.82) is 0 Å². The molecule has 1 heterocycles. The van der Waals surface area contributed by atoms with Crippen LogP contribution in [0.4, 0.5) is 0 Å². The predicted molar refractivity (Wildman–Crippen MR) is 60.3 cm³/mol. The van der Waals surface area contributed by atoms with Gasteiger partial charge >= 0.3 is 0 Å². The number of aliphatic hydroxyl groups is 1. The van der Waals surface area contributed by atoms with Gasteiger partial charge in [-0.25, -0.2) is 0 Å². The van der Waals surface area contributed by atoms with Gasteiger partial charge in [0.1, 0.15) is 0 Å². The van der Waals surface area contributed by atoms with Gasteiger partial charge in [0.2, 0.25) is 0 Å². The second-order valence-electron chi connectivity index (χ2n) is 4.14. The van der Waals surface area contributed by atoms with Crippen molar-refractivity contribution >= 4 is 0 Å². The van der Waals surface area contributed by atoms with Gasteiger partial charge in [0, 0.05) is 19.0 Å². The fraction of sp³-hybridized carbons (Fsp3) is 0.500. The van der Waals surface area contributed by atoms with Crippen molar-refractivity contribution in [2.75, 3.05) is 13.1 Å². The Bertz CT molecular complexity index is 304. The van der Waals surface area contributed by atoms with Crippen LogP contribution in [-0.2, 0) is 6.54 Å². The highest BCUT2D eigenvalue weighted by atomic mass is 16.3. The lowest BCUT2D eigenvalue weighted by Crippen LogP contribution is -2.16. The zero-order valence-corrected chi connectivity index (χ0v) is 8.82. The third kappa shape index (κ3) is 2.37. The first-order chi connectivity index (χ1) is 7.31. The third-order valence-electron chi connectivity index (χ3n) is 3.10. The fourth-order valence-electron chi connectivity index (χ4n) is 2.07. The molecule has 3 heteroatoms. The molecule has 2 rings (SSSR count). The highest BCUT2D eigenvalue weighted by molar-refractivity contribution is 5.24. The first kappa shape index (κ1) is 10.6. The molecule has 3 nitrogen and oxygen atoms in total. The van der Waals surface area contributed by atoms with Gasteiger partial charge in [-0.15, -0.1) is 0 Å². The van der Waals surface area contributed by atoms with E-state index in [4.69, 9.17) is 5.73 Å². The van der Waals surface area contributed by atoms with Crippen molar-refractivity contribution in [3.8, 4) is 0 Å². The van der Waals surface area contributed by atoms with E-state index in [-0.39, 0.29) is 6.10 Å². The lowest BCUT2D eigenvalue weighted by molar-refractivity contribution is 0.118. The molecule has 0 aromatic heterocycles. The summed E-state index contributed by atoms with van der Waals surface area (Å²) >= 11 is 0. The van der Waals surface area contributed by atoms with E-state index in [0.717, 1.165) is 30.6 Å². The number of rotatable bonds is 3. The molecular formula is C12H18N2O. The first-order valence-electron chi connectivity index (χ1n) is 5.49. The van der Waals surface area contributed by atoms with Gasteiger partial charge in [-0.1, -0.05) is 24.3 Å². The second kappa shape index (κ2) is 4.75. The molecule has 2 unspecified atom stereocenters. The molecule has 1 aromatic carbocycles. The van der Waals surface area contributed by atoms with Gasteiger partial charge < -0.3 is 16.2 Å². The van der Waals surface area contributed by atoms with Crippen LogP contribution < -0.4 is 11.1 Å². The molecule has 1 aliphatic heterocycles. The summed E-state index contributed by atoms with van der Waals surface area (Å²) in [6.45, 7) is 2.49. The van der Waals surface area contributed by atoms with Crippen LogP contribution in [0.3, 0.4) is 0 Å². The lowest BCUT2D eigenvalue weighted by Gasteiger charge is -2.17. The third-order valence-corrected chi connectivity index (χ3v) is 3.10. The van der Waals surface area contributed by atoms with E-state index < -0.39 is 0 Å². The summed E-state index contributed by atoms with van der Waals surface area (Å²) in [6, 6.07) is 7.93. The van der Waals surface area contributed by atoms with Gasteiger partial charge in [0.15, 0.2) is 0 Å². The summed E-state index contributed by atoms with van der Waals surface area (Å²) in [7, 11) is 0. The van der Waals surface area contributed by atoms with Crippen molar-refractivity contribution in [1.82, 2.24) is 5.32 Å². The Morgan fingerprint density at radius 2 is 2.13 bits per heavy atom. The van der Waals surface area contributed by atoms with Crippen molar-refractivity contribution in [3.05, 3.63) is 35.4 Å². The van der Waals surface area contributed by atoms with E-state index in [0.29, 0.717) is 12.5 Å². The molecule has 1 aromatic rings. The molecule has 2 atom stereocenters. The van der Waals surface area contributed by atoms with Gasteiger partial charge in [-0.05, 0) is 24.1 Å². The molecule has 0 saturated carbocycles. The number of benzene rings is 1. The van der Waals surface area contributed by atoms with E-state index in [1.807, 2.05) is 24.3 Å². The van der Waals surface area contributed by atoms with Gasteiger partial charge in [0.25, 0.3) is 0 Å². The SMILES string of the molecule is NCc1ccc(C(O)C2CCNC2)cc1. The van der Waals surface area contributed by atoms with E-state index in [2.05, 4.69) is 5.32 Å². The van der Waals surface area contributed by atoms with Gasteiger partial charge in [0.05, 0.1) is 6.10 Å².